The van der Waals surface area contributed by atoms with Crippen LogP contribution in [0, 0.1) is 0 Å². The molecular weight excluding hydrogens is 218 g/mol. The summed E-state index contributed by atoms with van der Waals surface area (Å²) in [5.74, 6) is 0.770. The van der Waals surface area contributed by atoms with Crippen LogP contribution in [0.5, 0.6) is 0 Å². The van der Waals surface area contributed by atoms with Crippen molar-refractivity contribution in [3.05, 3.63) is 12.2 Å². The fraction of sp³-hybridized carbons (Fsp3) is 0.727. The number of hydrogen-bond donors (Lipinski definition) is 1. The van der Waals surface area contributed by atoms with Crippen molar-refractivity contribution in [2.24, 2.45) is 7.05 Å². The molecule has 0 radical (unpaired) electrons. The van der Waals surface area contributed by atoms with Crippen LogP contribution in [-0.2, 0) is 13.5 Å². The number of nitrogens with one attached hydrogen (secondary N) is 1. The van der Waals surface area contributed by atoms with Gasteiger partial charge < -0.3 is 10.2 Å². The summed E-state index contributed by atoms with van der Waals surface area (Å²) < 4.78 is 1.67. The third-order valence-corrected chi connectivity index (χ3v) is 2.92. The number of carbonyl (C=O) groups excluding carboxylic acids is 1. The number of urea groups is 1. The van der Waals surface area contributed by atoms with E-state index in [1.54, 1.807) is 11.0 Å². The van der Waals surface area contributed by atoms with Crippen molar-refractivity contribution in [2.45, 2.75) is 25.7 Å². The average Bonchev–Trinajstić information content (AvgIpc) is 2.76. The van der Waals surface area contributed by atoms with Crippen LogP contribution in [0.2, 0.25) is 0 Å². The van der Waals surface area contributed by atoms with Crippen molar-refractivity contribution in [3.63, 3.8) is 0 Å². The van der Waals surface area contributed by atoms with Crippen LogP contribution in [0.1, 0.15) is 25.1 Å². The quantitative estimate of drug-likeness (QED) is 0.835. The van der Waals surface area contributed by atoms with Crippen molar-refractivity contribution < 1.29 is 4.79 Å². The lowest BCUT2D eigenvalue weighted by Gasteiger charge is -2.26. The number of aryl methyl sites for hydroxylation is 1. The molecule has 17 heavy (non-hydrogen) atoms. The molecular formula is C11H19N5O. The van der Waals surface area contributed by atoms with Gasteiger partial charge in [-0.25, -0.2) is 9.78 Å². The van der Waals surface area contributed by atoms with Gasteiger partial charge in [-0.15, -0.1) is 0 Å². The minimum atomic E-state index is 0.0423. The summed E-state index contributed by atoms with van der Waals surface area (Å²) in [4.78, 5) is 17.8. The van der Waals surface area contributed by atoms with Gasteiger partial charge in [0.05, 0.1) is 0 Å². The fourth-order valence-corrected chi connectivity index (χ4v) is 1.99. The summed E-state index contributed by atoms with van der Waals surface area (Å²) in [6.45, 7) is 2.36. The highest BCUT2D eigenvalue weighted by atomic mass is 16.2. The lowest BCUT2D eigenvalue weighted by molar-refractivity contribution is 0.186. The lowest BCUT2D eigenvalue weighted by Crippen LogP contribution is -2.43. The first-order chi connectivity index (χ1) is 8.25. The van der Waals surface area contributed by atoms with Gasteiger partial charge >= 0.3 is 6.03 Å². The number of amides is 2. The molecule has 2 rings (SSSR count). The summed E-state index contributed by atoms with van der Waals surface area (Å²) in [6.07, 6.45) is 5.83. The average molecular weight is 237 g/mol. The first kappa shape index (κ1) is 11.9. The van der Waals surface area contributed by atoms with E-state index in [4.69, 9.17) is 0 Å². The fourth-order valence-electron chi connectivity index (χ4n) is 1.99. The van der Waals surface area contributed by atoms with E-state index in [0.29, 0.717) is 13.0 Å². The second kappa shape index (κ2) is 5.65. The lowest BCUT2D eigenvalue weighted by atomic mass is 10.1. The van der Waals surface area contributed by atoms with E-state index in [-0.39, 0.29) is 6.03 Å². The first-order valence-electron chi connectivity index (χ1n) is 6.13. The van der Waals surface area contributed by atoms with E-state index in [0.717, 1.165) is 31.8 Å². The number of carbonyl (C=O) groups is 1. The van der Waals surface area contributed by atoms with E-state index in [1.165, 1.54) is 6.42 Å². The number of rotatable bonds is 3. The molecule has 1 aromatic heterocycles. The molecule has 1 saturated heterocycles. The summed E-state index contributed by atoms with van der Waals surface area (Å²) in [6, 6.07) is 0.0423. The Morgan fingerprint density at radius 3 is 2.82 bits per heavy atom. The van der Waals surface area contributed by atoms with E-state index in [9.17, 15) is 4.79 Å². The molecule has 6 nitrogen and oxygen atoms in total. The predicted octanol–water partition coefficient (Wildman–Crippen LogP) is 0.553. The molecule has 0 spiro atoms. The van der Waals surface area contributed by atoms with Crippen molar-refractivity contribution in [3.8, 4) is 0 Å². The Balaban J connectivity index is 1.69. The van der Waals surface area contributed by atoms with Crippen LogP contribution in [-0.4, -0.2) is 45.3 Å². The molecule has 0 aliphatic carbocycles. The minimum absolute atomic E-state index is 0.0423. The van der Waals surface area contributed by atoms with Crippen LogP contribution in [0.3, 0.4) is 0 Å². The predicted molar refractivity (Wildman–Crippen MR) is 63.5 cm³/mol. The molecule has 1 aliphatic heterocycles. The van der Waals surface area contributed by atoms with Crippen LogP contribution < -0.4 is 5.32 Å². The van der Waals surface area contributed by atoms with Gasteiger partial charge in [-0.3, -0.25) is 4.68 Å². The van der Waals surface area contributed by atoms with Crippen molar-refractivity contribution in [1.82, 2.24) is 25.0 Å². The first-order valence-corrected chi connectivity index (χ1v) is 6.13. The van der Waals surface area contributed by atoms with E-state index < -0.39 is 0 Å². The topological polar surface area (TPSA) is 63.1 Å². The van der Waals surface area contributed by atoms with Crippen molar-refractivity contribution >= 4 is 6.03 Å². The Morgan fingerprint density at radius 1 is 1.41 bits per heavy atom. The van der Waals surface area contributed by atoms with Crippen molar-refractivity contribution in [1.29, 1.82) is 0 Å². The van der Waals surface area contributed by atoms with Gasteiger partial charge in [-0.2, -0.15) is 5.10 Å². The Hall–Kier alpha value is -1.59. The number of aromatic nitrogens is 3. The molecule has 2 heterocycles. The maximum absolute atomic E-state index is 11.8. The minimum Gasteiger partial charge on any atom is -0.338 e. The van der Waals surface area contributed by atoms with Gasteiger partial charge in [0.2, 0.25) is 0 Å². The molecule has 2 amide bonds. The zero-order valence-electron chi connectivity index (χ0n) is 10.2. The van der Waals surface area contributed by atoms with Gasteiger partial charge in [-0.1, -0.05) is 0 Å². The molecule has 0 saturated carbocycles. The molecule has 0 atom stereocenters. The summed E-state index contributed by atoms with van der Waals surface area (Å²) in [5.41, 5.74) is 0. The molecule has 1 aromatic rings. The van der Waals surface area contributed by atoms with Gasteiger partial charge in [0.15, 0.2) is 5.82 Å². The SMILES string of the molecule is Cn1cnc(CCNC(=O)N2CCCCC2)n1. The second-order valence-corrected chi connectivity index (χ2v) is 4.36. The van der Waals surface area contributed by atoms with Crippen molar-refractivity contribution in [2.75, 3.05) is 19.6 Å². The monoisotopic (exact) mass is 237 g/mol. The van der Waals surface area contributed by atoms with Gasteiger partial charge in [0, 0.05) is 33.1 Å². The zero-order chi connectivity index (χ0) is 12.1. The van der Waals surface area contributed by atoms with Crippen LogP contribution in [0.15, 0.2) is 6.33 Å². The van der Waals surface area contributed by atoms with Crippen LogP contribution in [0.25, 0.3) is 0 Å². The number of piperidine rings is 1. The number of nitrogens with zero attached hydrogens (tertiary/aromatic N) is 4. The Kier molecular flexibility index (Phi) is 3.95. The Morgan fingerprint density at radius 2 is 2.18 bits per heavy atom. The van der Waals surface area contributed by atoms with E-state index >= 15 is 0 Å². The molecule has 6 heteroatoms. The second-order valence-electron chi connectivity index (χ2n) is 4.36. The molecule has 1 N–H and O–H groups in total. The smallest absolute Gasteiger partial charge is 0.317 e. The molecule has 0 unspecified atom stereocenters. The summed E-state index contributed by atoms with van der Waals surface area (Å²) in [5, 5.41) is 7.07. The van der Waals surface area contributed by atoms with Gasteiger partial charge in [0.25, 0.3) is 0 Å². The zero-order valence-corrected chi connectivity index (χ0v) is 10.2. The highest BCUT2D eigenvalue weighted by Crippen LogP contribution is 2.08. The Labute approximate surface area is 101 Å². The third kappa shape index (κ3) is 3.44. The number of hydrogen-bond acceptors (Lipinski definition) is 3. The molecule has 0 bridgehead atoms. The largest absolute Gasteiger partial charge is 0.338 e. The Bertz CT molecular complexity index is 370. The standard InChI is InChI=1S/C11H19N5O/c1-15-9-13-10(14-15)5-6-12-11(17)16-7-3-2-4-8-16/h9H,2-8H2,1H3,(H,12,17). The third-order valence-electron chi connectivity index (χ3n) is 2.92. The summed E-state index contributed by atoms with van der Waals surface area (Å²) in [7, 11) is 1.84. The highest BCUT2D eigenvalue weighted by molar-refractivity contribution is 5.74. The number of likely N-dealkylation sites (tertiary alicyclic amines) is 1. The van der Waals surface area contributed by atoms with Gasteiger partial charge in [-0.05, 0) is 19.3 Å². The molecule has 0 aromatic carbocycles. The van der Waals surface area contributed by atoms with E-state index in [1.807, 2.05) is 11.9 Å². The van der Waals surface area contributed by atoms with Crippen LogP contribution in [0.4, 0.5) is 4.79 Å². The normalized spacial score (nSPS) is 15.9. The summed E-state index contributed by atoms with van der Waals surface area (Å²) >= 11 is 0. The molecule has 1 fully saturated rings. The van der Waals surface area contributed by atoms with Gasteiger partial charge in [0.1, 0.15) is 6.33 Å². The molecule has 94 valence electrons. The molecule has 1 aliphatic rings. The van der Waals surface area contributed by atoms with Crippen LogP contribution >= 0.6 is 0 Å². The maximum atomic E-state index is 11.8. The van der Waals surface area contributed by atoms with E-state index in [2.05, 4.69) is 15.4 Å². The highest BCUT2D eigenvalue weighted by Gasteiger charge is 2.15. The maximum Gasteiger partial charge on any atom is 0.317 e.